The van der Waals surface area contributed by atoms with Crippen molar-refractivity contribution in [3.05, 3.63) is 30.1 Å². The lowest BCUT2D eigenvalue weighted by Crippen LogP contribution is -2.64. The smallest absolute Gasteiger partial charge is 0.410 e. The number of ether oxygens (including phenoxy) is 2. The Morgan fingerprint density at radius 1 is 1.16 bits per heavy atom. The van der Waals surface area contributed by atoms with Crippen LogP contribution in [0.15, 0.2) is 24.3 Å². The highest BCUT2D eigenvalue weighted by Gasteiger charge is 2.54. The van der Waals surface area contributed by atoms with Crippen LogP contribution in [0.3, 0.4) is 0 Å². The molecule has 1 saturated carbocycles. The summed E-state index contributed by atoms with van der Waals surface area (Å²) >= 11 is 0. The number of rotatable bonds is 4. The number of aliphatic hydroxyl groups is 1. The summed E-state index contributed by atoms with van der Waals surface area (Å²) in [5, 5.41) is 24.0. The fourth-order valence-electron chi connectivity index (χ4n) is 5.81. The Kier molecular flexibility index (Phi) is 7.06. The van der Waals surface area contributed by atoms with Crippen molar-refractivity contribution < 1.29 is 24.2 Å². The maximum atomic E-state index is 13.7. The lowest BCUT2D eigenvalue weighted by molar-refractivity contribution is -0.152. The number of piperidine rings is 2. The highest BCUT2D eigenvalue weighted by atomic mass is 16.6. The Bertz CT molecular complexity index is 1160. The lowest BCUT2D eigenvalue weighted by atomic mass is 9.61. The number of hydrogen-bond donors (Lipinski definition) is 1. The molecule has 3 fully saturated rings. The van der Waals surface area contributed by atoms with Crippen molar-refractivity contribution in [2.75, 3.05) is 26.7 Å². The van der Waals surface area contributed by atoms with Gasteiger partial charge in [0.25, 0.3) is 0 Å². The number of aliphatic hydroxyl groups excluding tert-OH is 1. The Balaban J connectivity index is 1.25. The second-order valence-corrected chi connectivity index (χ2v) is 11.8. The topological polar surface area (TPSA) is 123 Å². The monoisotopic (exact) mass is 526 g/mol. The molecule has 1 aromatic carbocycles. The van der Waals surface area contributed by atoms with Gasteiger partial charge in [-0.25, -0.2) is 4.79 Å². The average Bonchev–Trinajstić information content (AvgIpc) is 3.37. The first-order chi connectivity index (χ1) is 18.1. The maximum Gasteiger partial charge on any atom is 0.410 e. The van der Waals surface area contributed by atoms with Gasteiger partial charge in [0.2, 0.25) is 5.91 Å². The van der Waals surface area contributed by atoms with Crippen LogP contribution in [0.4, 0.5) is 4.79 Å². The summed E-state index contributed by atoms with van der Waals surface area (Å²) in [7, 11) is 1.61. The molecule has 11 nitrogen and oxygen atoms in total. The number of amides is 2. The molecule has 2 aliphatic heterocycles. The first-order valence-electron chi connectivity index (χ1n) is 13.5. The van der Waals surface area contributed by atoms with Gasteiger partial charge >= 0.3 is 6.09 Å². The van der Waals surface area contributed by atoms with Crippen molar-refractivity contribution >= 4 is 12.0 Å². The van der Waals surface area contributed by atoms with Gasteiger partial charge in [-0.05, 0) is 63.8 Å². The highest BCUT2D eigenvalue weighted by molar-refractivity contribution is 5.86. The fourth-order valence-corrected chi connectivity index (χ4v) is 5.81. The maximum absolute atomic E-state index is 13.7. The van der Waals surface area contributed by atoms with Crippen molar-refractivity contribution in [3.8, 4) is 11.4 Å². The second-order valence-electron chi connectivity index (χ2n) is 11.8. The number of benzene rings is 1. The summed E-state index contributed by atoms with van der Waals surface area (Å²) in [6, 6.07) is 6.73. The molecule has 2 atom stereocenters. The van der Waals surface area contributed by atoms with Gasteiger partial charge in [-0.1, -0.05) is 12.5 Å². The number of likely N-dealkylation sites (tertiary alicyclic amines) is 2. The molecule has 0 unspecified atom stereocenters. The Hall–Kier alpha value is -3.21. The Morgan fingerprint density at radius 2 is 1.89 bits per heavy atom. The summed E-state index contributed by atoms with van der Waals surface area (Å²) < 4.78 is 11.0. The van der Waals surface area contributed by atoms with Gasteiger partial charge in [0, 0.05) is 43.5 Å². The molecule has 1 N–H and O–H groups in total. The minimum absolute atomic E-state index is 0.0792. The molecular formula is C27H38N6O5. The molecular weight excluding hydrogens is 488 g/mol. The van der Waals surface area contributed by atoms with Crippen LogP contribution in [0.25, 0.3) is 5.69 Å². The highest BCUT2D eigenvalue weighted by Crippen LogP contribution is 2.49. The van der Waals surface area contributed by atoms with Gasteiger partial charge in [0.15, 0.2) is 5.82 Å². The summed E-state index contributed by atoms with van der Waals surface area (Å²) in [4.78, 5) is 31.7. The molecule has 2 saturated heterocycles. The van der Waals surface area contributed by atoms with E-state index in [4.69, 9.17) is 9.47 Å². The molecule has 0 bridgehead atoms. The molecule has 3 heterocycles. The van der Waals surface area contributed by atoms with E-state index in [0.717, 1.165) is 24.9 Å². The predicted molar refractivity (Wildman–Crippen MR) is 138 cm³/mol. The quantitative estimate of drug-likeness (QED) is 0.645. The molecule has 1 spiro atoms. The van der Waals surface area contributed by atoms with Crippen LogP contribution in [0.5, 0.6) is 5.75 Å². The Labute approximate surface area is 223 Å². The zero-order valence-electron chi connectivity index (χ0n) is 22.7. The van der Waals surface area contributed by atoms with E-state index in [1.165, 1.54) is 4.80 Å². The summed E-state index contributed by atoms with van der Waals surface area (Å²) in [5.41, 5.74) is -0.222. The van der Waals surface area contributed by atoms with E-state index in [9.17, 15) is 14.7 Å². The minimum Gasteiger partial charge on any atom is -0.497 e. The van der Waals surface area contributed by atoms with Gasteiger partial charge < -0.3 is 19.5 Å². The third-order valence-corrected chi connectivity index (χ3v) is 8.16. The minimum atomic E-state index is -0.727. The third-order valence-electron chi connectivity index (χ3n) is 8.16. The van der Waals surface area contributed by atoms with Crippen molar-refractivity contribution in [3.63, 3.8) is 0 Å². The van der Waals surface area contributed by atoms with Crippen LogP contribution in [-0.4, -0.2) is 91.6 Å². The van der Waals surface area contributed by atoms with E-state index >= 15 is 0 Å². The first kappa shape index (κ1) is 26.4. The zero-order chi connectivity index (χ0) is 27.1. The number of nitrogens with zero attached hydrogens (tertiary/aromatic N) is 6. The van der Waals surface area contributed by atoms with E-state index in [1.54, 1.807) is 16.9 Å². The molecule has 11 heteroatoms. The lowest BCUT2D eigenvalue weighted by Gasteiger charge is -2.54. The fraction of sp³-hybridized carbons (Fsp3) is 0.667. The van der Waals surface area contributed by atoms with Crippen LogP contribution in [0.2, 0.25) is 0 Å². The van der Waals surface area contributed by atoms with Gasteiger partial charge in [0.05, 0.1) is 18.9 Å². The second kappa shape index (κ2) is 10.2. The number of hydrogen-bond acceptors (Lipinski definition) is 8. The van der Waals surface area contributed by atoms with Crippen LogP contribution in [-0.2, 0) is 9.53 Å². The molecule has 2 amide bonds. The van der Waals surface area contributed by atoms with Crippen LogP contribution < -0.4 is 4.74 Å². The largest absolute Gasteiger partial charge is 0.497 e. The van der Waals surface area contributed by atoms with E-state index in [2.05, 4.69) is 15.4 Å². The van der Waals surface area contributed by atoms with Crippen molar-refractivity contribution in [1.29, 1.82) is 0 Å². The van der Waals surface area contributed by atoms with Crippen molar-refractivity contribution in [2.45, 2.75) is 83.0 Å². The number of aromatic nitrogens is 4. The van der Waals surface area contributed by atoms with Crippen molar-refractivity contribution in [1.82, 2.24) is 30.0 Å². The van der Waals surface area contributed by atoms with Gasteiger partial charge in [0.1, 0.15) is 17.4 Å². The van der Waals surface area contributed by atoms with Gasteiger partial charge in [-0.3, -0.25) is 9.69 Å². The van der Waals surface area contributed by atoms with Crippen LogP contribution in [0.1, 0.15) is 71.0 Å². The van der Waals surface area contributed by atoms with E-state index in [-0.39, 0.29) is 23.7 Å². The molecule has 0 radical (unpaired) electrons. The predicted octanol–water partition coefficient (Wildman–Crippen LogP) is 2.92. The normalized spacial score (nSPS) is 23.7. The standard InChI is InChI=1S/C27H38N6O5/c1-26(2,3)38-25(36)32-17-27(11-6-12-27)22(34)16-21(32)24(35)31-13-9-18(10-14-31)23-28-30-33(29-23)19-7-5-8-20(15-19)37-4/h5,7-8,15,18,21-22,34H,6,9-14,16-17H2,1-4H3/t21-,22+/m0/s1. The number of carbonyl (C=O) groups is 2. The van der Waals surface area contributed by atoms with E-state index < -0.39 is 23.8 Å². The molecule has 2 aromatic rings. The van der Waals surface area contributed by atoms with Crippen LogP contribution in [0, 0.1) is 5.41 Å². The molecule has 1 aliphatic carbocycles. The Morgan fingerprint density at radius 3 is 2.53 bits per heavy atom. The number of methoxy groups -OCH3 is 1. The molecule has 5 rings (SSSR count). The van der Waals surface area contributed by atoms with E-state index in [1.807, 2.05) is 45.0 Å². The van der Waals surface area contributed by atoms with E-state index in [0.29, 0.717) is 44.0 Å². The molecule has 3 aliphatic rings. The average molecular weight is 527 g/mol. The summed E-state index contributed by atoms with van der Waals surface area (Å²) in [6.07, 6.45) is 3.31. The third kappa shape index (κ3) is 5.21. The number of carbonyl (C=O) groups excluding carboxylic acids is 2. The molecule has 38 heavy (non-hydrogen) atoms. The van der Waals surface area contributed by atoms with Crippen molar-refractivity contribution in [2.24, 2.45) is 5.41 Å². The zero-order valence-corrected chi connectivity index (χ0v) is 22.7. The summed E-state index contributed by atoms with van der Waals surface area (Å²) in [5.74, 6) is 1.31. The SMILES string of the molecule is COc1cccc(-n2nnc(C3CCN(C(=O)[C@@H]4C[C@@H](O)C5(CCC5)CN4C(=O)OC(C)(C)C)CC3)n2)c1. The number of tetrazole rings is 1. The molecule has 206 valence electrons. The first-order valence-corrected chi connectivity index (χ1v) is 13.5. The van der Waals surface area contributed by atoms with Gasteiger partial charge in [-0.15, -0.1) is 15.0 Å². The van der Waals surface area contributed by atoms with Crippen LogP contribution >= 0.6 is 0 Å². The van der Waals surface area contributed by atoms with Gasteiger partial charge in [-0.2, -0.15) is 0 Å². The molecule has 1 aromatic heterocycles. The summed E-state index contributed by atoms with van der Waals surface area (Å²) in [6.45, 7) is 6.87.